The Morgan fingerprint density at radius 3 is 1.37 bits per heavy atom. The van der Waals surface area contributed by atoms with Crippen molar-refractivity contribution in [1.82, 2.24) is 4.57 Å². The fourth-order valence-corrected chi connectivity index (χ4v) is 9.19. The number of para-hydroxylation sites is 2. The quantitative estimate of drug-likeness (QED) is 0.171. The molecule has 0 saturated carbocycles. The van der Waals surface area contributed by atoms with Gasteiger partial charge in [-0.3, -0.25) is 0 Å². The van der Waals surface area contributed by atoms with Crippen molar-refractivity contribution >= 4 is 104 Å². The summed E-state index contributed by atoms with van der Waals surface area (Å²) in [7, 11) is 0. The van der Waals surface area contributed by atoms with Crippen LogP contribution in [0.5, 0.6) is 0 Å². The molecule has 0 aliphatic carbocycles. The number of hydrogen-bond donors (Lipinski definition) is 0. The second-order valence-electron chi connectivity index (χ2n) is 14.1. The van der Waals surface area contributed by atoms with Crippen LogP contribution in [-0.2, 0) is 0 Å². The molecule has 52 heavy (non-hydrogen) atoms. The van der Waals surface area contributed by atoms with Gasteiger partial charge in [0, 0.05) is 32.9 Å². The number of rotatable bonds is 4. The van der Waals surface area contributed by atoms with Crippen LogP contribution < -0.4 is 4.90 Å². The van der Waals surface area contributed by atoms with Crippen molar-refractivity contribution in [2.24, 2.45) is 0 Å². The molecule has 0 fully saturated rings. The van der Waals surface area contributed by atoms with Crippen LogP contribution in [0.2, 0.25) is 0 Å². The molecule has 0 unspecified atom stereocenters. The summed E-state index contributed by atoms with van der Waals surface area (Å²) in [6.07, 6.45) is 0. The molecule has 12 rings (SSSR count). The summed E-state index contributed by atoms with van der Waals surface area (Å²) in [5, 5.41) is 17.9. The second-order valence-corrected chi connectivity index (χ2v) is 14.1. The van der Waals surface area contributed by atoms with Gasteiger partial charge in [0.15, 0.2) is 0 Å². The van der Waals surface area contributed by atoms with Crippen molar-refractivity contribution in [3.8, 4) is 5.69 Å². The minimum atomic E-state index is 1.12. The number of fused-ring (bicyclic) bond motifs is 3. The smallest absolute Gasteiger partial charge is 0.0561 e. The predicted octanol–water partition coefficient (Wildman–Crippen LogP) is 14.0. The SMILES string of the molecule is c1ccc(-n2c3ccccc3c3ccc(N(c4ccc5ccc6cccc7ccc4c5c67)c4ccc5ccc6cccc7ccc4c5c67)cc32)cc1. The first-order chi connectivity index (χ1) is 25.8. The zero-order chi connectivity index (χ0) is 33.9. The van der Waals surface area contributed by atoms with Crippen molar-refractivity contribution in [1.29, 1.82) is 0 Å². The molecule has 11 aromatic carbocycles. The maximum absolute atomic E-state index is 2.52. The van der Waals surface area contributed by atoms with Crippen molar-refractivity contribution in [2.45, 2.75) is 0 Å². The van der Waals surface area contributed by atoms with Gasteiger partial charge in [0.2, 0.25) is 0 Å². The summed E-state index contributed by atoms with van der Waals surface area (Å²) >= 11 is 0. The monoisotopic (exact) mass is 658 g/mol. The molecule has 1 aromatic heterocycles. The summed E-state index contributed by atoms with van der Waals surface area (Å²) in [6, 6.07) is 67.5. The van der Waals surface area contributed by atoms with Crippen LogP contribution in [0.15, 0.2) is 182 Å². The van der Waals surface area contributed by atoms with Crippen molar-refractivity contribution < 1.29 is 0 Å². The second kappa shape index (κ2) is 10.3. The third kappa shape index (κ3) is 3.73. The Kier molecular flexibility index (Phi) is 5.53. The lowest BCUT2D eigenvalue weighted by Gasteiger charge is -2.29. The molecule has 240 valence electrons. The highest BCUT2D eigenvalue weighted by molar-refractivity contribution is 6.28. The third-order valence-corrected chi connectivity index (χ3v) is 11.4. The Balaban J connectivity index is 1.22. The fourth-order valence-electron chi connectivity index (χ4n) is 9.19. The van der Waals surface area contributed by atoms with Crippen LogP contribution in [0.1, 0.15) is 0 Å². The molecule has 0 radical (unpaired) electrons. The van der Waals surface area contributed by atoms with Gasteiger partial charge in [0.25, 0.3) is 0 Å². The molecule has 0 N–H and O–H groups in total. The predicted molar refractivity (Wildman–Crippen MR) is 223 cm³/mol. The van der Waals surface area contributed by atoms with E-state index in [0.29, 0.717) is 0 Å². The van der Waals surface area contributed by atoms with E-state index in [2.05, 4.69) is 191 Å². The number of hydrogen-bond acceptors (Lipinski definition) is 1. The van der Waals surface area contributed by atoms with Crippen LogP contribution in [-0.4, -0.2) is 4.57 Å². The van der Waals surface area contributed by atoms with E-state index in [4.69, 9.17) is 0 Å². The molecule has 0 saturated heterocycles. The molecule has 2 heteroatoms. The molecule has 0 atom stereocenters. The number of benzene rings is 11. The van der Waals surface area contributed by atoms with E-state index >= 15 is 0 Å². The third-order valence-electron chi connectivity index (χ3n) is 11.4. The summed E-state index contributed by atoms with van der Waals surface area (Å²) in [4.78, 5) is 2.52. The Hall–Kier alpha value is -6.90. The first kappa shape index (κ1) is 27.9. The van der Waals surface area contributed by atoms with Crippen LogP contribution in [0.25, 0.3) is 92.1 Å². The van der Waals surface area contributed by atoms with E-state index in [1.807, 2.05) is 0 Å². The van der Waals surface area contributed by atoms with Gasteiger partial charge in [-0.05, 0) is 96.3 Å². The molecular formula is C50H30N2. The largest absolute Gasteiger partial charge is 0.309 e. The number of aromatic nitrogens is 1. The Morgan fingerprint density at radius 1 is 0.308 bits per heavy atom. The minimum Gasteiger partial charge on any atom is -0.309 e. The Labute approximate surface area is 299 Å². The highest BCUT2D eigenvalue weighted by atomic mass is 15.1. The average molecular weight is 659 g/mol. The number of nitrogens with zero attached hydrogens (tertiary/aromatic N) is 2. The highest BCUT2D eigenvalue weighted by Gasteiger charge is 2.23. The van der Waals surface area contributed by atoms with Gasteiger partial charge >= 0.3 is 0 Å². The lowest BCUT2D eigenvalue weighted by atomic mass is 9.91. The Bertz CT molecular complexity index is 3170. The lowest BCUT2D eigenvalue weighted by molar-refractivity contribution is 1.18. The van der Waals surface area contributed by atoms with Crippen molar-refractivity contribution in [2.75, 3.05) is 4.90 Å². The van der Waals surface area contributed by atoms with Gasteiger partial charge < -0.3 is 9.47 Å². The first-order valence-electron chi connectivity index (χ1n) is 18.0. The average Bonchev–Trinajstić information content (AvgIpc) is 3.54. The molecule has 0 bridgehead atoms. The molecule has 0 spiro atoms. The maximum atomic E-state index is 2.52. The van der Waals surface area contributed by atoms with Crippen molar-refractivity contribution in [3.63, 3.8) is 0 Å². The van der Waals surface area contributed by atoms with E-state index in [0.717, 1.165) is 11.4 Å². The zero-order valence-electron chi connectivity index (χ0n) is 28.2. The molecule has 12 aromatic rings. The minimum absolute atomic E-state index is 1.12. The van der Waals surface area contributed by atoms with E-state index in [1.54, 1.807) is 0 Å². The zero-order valence-corrected chi connectivity index (χ0v) is 28.2. The number of anilines is 3. The summed E-state index contributed by atoms with van der Waals surface area (Å²) in [5.41, 5.74) is 7.01. The summed E-state index contributed by atoms with van der Waals surface area (Å²) < 4.78 is 2.42. The van der Waals surface area contributed by atoms with Gasteiger partial charge in [-0.1, -0.05) is 140 Å². The summed E-state index contributed by atoms with van der Waals surface area (Å²) in [5.74, 6) is 0. The lowest BCUT2D eigenvalue weighted by Crippen LogP contribution is -2.11. The van der Waals surface area contributed by atoms with Gasteiger partial charge in [-0.25, -0.2) is 0 Å². The molecule has 0 aliphatic rings. The van der Waals surface area contributed by atoms with E-state index < -0.39 is 0 Å². The maximum Gasteiger partial charge on any atom is 0.0561 e. The van der Waals surface area contributed by atoms with Gasteiger partial charge in [0.1, 0.15) is 0 Å². The van der Waals surface area contributed by atoms with Crippen LogP contribution >= 0.6 is 0 Å². The van der Waals surface area contributed by atoms with Crippen LogP contribution in [0, 0.1) is 0 Å². The van der Waals surface area contributed by atoms with Gasteiger partial charge in [0.05, 0.1) is 22.4 Å². The van der Waals surface area contributed by atoms with E-state index in [9.17, 15) is 0 Å². The van der Waals surface area contributed by atoms with E-state index in [1.165, 1.54) is 97.8 Å². The van der Waals surface area contributed by atoms with Gasteiger partial charge in [-0.15, -0.1) is 0 Å². The van der Waals surface area contributed by atoms with Gasteiger partial charge in [-0.2, -0.15) is 0 Å². The topological polar surface area (TPSA) is 8.17 Å². The van der Waals surface area contributed by atoms with Crippen LogP contribution in [0.3, 0.4) is 0 Å². The molecule has 2 nitrogen and oxygen atoms in total. The summed E-state index contributed by atoms with van der Waals surface area (Å²) in [6.45, 7) is 0. The van der Waals surface area contributed by atoms with E-state index in [-0.39, 0.29) is 0 Å². The standard InChI is InChI=1S/C50H30N2/c1-2-12-37(13-3-1)51-43-15-5-4-14-39(43)40-27-24-38(30-46(40)51)52(44-28-22-35-18-16-31-8-6-10-33-20-25-41(44)49(35)47(31)33)45-29-23-36-19-17-32-9-7-11-34-21-26-42(45)50(36)48(32)34/h1-30H. The first-order valence-corrected chi connectivity index (χ1v) is 18.0. The highest BCUT2D eigenvalue weighted by Crippen LogP contribution is 2.48. The van der Waals surface area contributed by atoms with Crippen molar-refractivity contribution in [3.05, 3.63) is 182 Å². The Morgan fingerprint density at radius 2 is 0.769 bits per heavy atom. The molecule has 0 amide bonds. The molecule has 0 aliphatic heterocycles. The molecule has 1 heterocycles. The molecular weight excluding hydrogens is 629 g/mol. The normalized spacial score (nSPS) is 12.2. The van der Waals surface area contributed by atoms with Crippen LogP contribution in [0.4, 0.5) is 17.1 Å². The fraction of sp³-hybridized carbons (Fsp3) is 0.